The maximum atomic E-state index is 12.2. The number of nitrogens with zero attached hydrogens (tertiary/aromatic N) is 1. The minimum absolute atomic E-state index is 0.173. The fraction of sp³-hybridized carbons (Fsp3) is 0.368. The Morgan fingerprint density at radius 1 is 1.25 bits per heavy atom. The third kappa shape index (κ3) is 7.03. The maximum absolute atomic E-state index is 12.2. The second-order valence-electron chi connectivity index (χ2n) is 5.79. The first-order chi connectivity index (χ1) is 13.5. The highest BCUT2D eigenvalue weighted by molar-refractivity contribution is 7.16. The van der Waals surface area contributed by atoms with E-state index in [-0.39, 0.29) is 12.5 Å². The van der Waals surface area contributed by atoms with Gasteiger partial charge in [0.15, 0.2) is 5.96 Å². The first-order valence-corrected chi connectivity index (χ1v) is 10.1. The van der Waals surface area contributed by atoms with Crippen molar-refractivity contribution in [3.05, 3.63) is 51.2 Å². The van der Waals surface area contributed by atoms with Gasteiger partial charge in [-0.25, -0.2) is 0 Å². The van der Waals surface area contributed by atoms with Crippen LogP contribution in [0.25, 0.3) is 0 Å². The number of carbonyl (C=O) groups excluding carboxylic acids is 1. The van der Waals surface area contributed by atoms with Gasteiger partial charge in [-0.1, -0.05) is 17.7 Å². The van der Waals surface area contributed by atoms with Crippen LogP contribution in [0.3, 0.4) is 0 Å². The second kappa shape index (κ2) is 11.5. The molecule has 7 nitrogen and oxygen atoms in total. The van der Waals surface area contributed by atoms with Crippen LogP contribution in [0.2, 0.25) is 4.34 Å². The number of methoxy groups -OCH3 is 1. The molecule has 0 radical (unpaired) electrons. The Labute approximate surface area is 173 Å². The van der Waals surface area contributed by atoms with E-state index in [0.717, 1.165) is 4.88 Å². The van der Waals surface area contributed by atoms with E-state index in [0.29, 0.717) is 41.2 Å². The van der Waals surface area contributed by atoms with Crippen LogP contribution in [-0.2, 0) is 0 Å². The Hall–Kier alpha value is -2.29. The highest BCUT2D eigenvalue weighted by atomic mass is 35.5. The molecule has 28 heavy (non-hydrogen) atoms. The summed E-state index contributed by atoms with van der Waals surface area (Å²) < 4.78 is 5.76. The number of carbonyl (C=O) groups is 1. The molecule has 1 amide bonds. The Morgan fingerprint density at radius 3 is 2.71 bits per heavy atom. The van der Waals surface area contributed by atoms with E-state index in [9.17, 15) is 9.90 Å². The number of rotatable bonds is 9. The van der Waals surface area contributed by atoms with Crippen LogP contribution in [0.5, 0.6) is 5.75 Å². The molecule has 1 unspecified atom stereocenters. The SMILES string of the molecule is CCNC(=NCC(O)c1ccc(Cl)s1)NCCNC(=O)c1cccc(OC)c1. The monoisotopic (exact) mass is 424 g/mol. The van der Waals surface area contributed by atoms with Crippen LogP contribution in [0.1, 0.15) is 28.3 Å². The summed E-state index contributed by atoms with van der Waals surface area (Å²) in [4.78, 5) is 17.3. The fourth-order valence-corrected chi connectivity index (χ4v) is 3.38. The lowest BCUT2D eigenvalue weighted by Gasteiger charge is -2.13. The zero-order valence-corrected chi connectivity index (χ0v) is 17.4. The van der Waals surface area contributed by atoms with E-state index in [1.54, 1.807) is 43.5 Å². The van der Waals surface area contributed by atoms with Crippen molar-refractivity contribution >= 4 is 34.8 Å². The number of hydrogen-bond donors (Lipinski definition) is 4. The van der Waals surface area contributed by atoms with E-state index < -0.39 is 6.10 Å². The molecular weight excluding hydrogens is 400 g/mol. The van der Waals surface area contributed by atoms with Crippen molar-refractivity contribution < 1.29 is 14.6 Å². The van der Waals surface area contributed by atoms with Crippen molar-refractivity contribution in [1.82, 2.24) is 16.0 Å². The number of halogens is 1. The van der Waals surface area contributed by atoms with Crippen molar-refractivity contribution in [2.75, 3.05) is 33.3 Å². The van der Waals surface area contributed by atoms with Crippen LogP contribution in [0.4, 0.5) is 0 Å². The van der Waals surface area contributed by atoms with E-state index in [1.165, 1.54) is 11.3 Å². The van der Waals surface area contributed by atoms with Gasteiger partial charge in [-0.3, -0.25) is 9.79 Å². The lowest BCUT2D eigenvalue weighted by Crippen LogP contribution is -2.41. The molecule has 1 aromatic carbocycles. The predicted octanol–water partition coefficient (Wildman–Crippen LogP) is 2.43. The molecular formula is C19H25ClN4O3S. The summed E-state index contributed by atoms with van der Waals surface area (Å²) >= 11 is 7.23. The summed E-state index contributed by atoms with van der Waals surface area (Å²) in [5.74, 6) is 1.03. The summed E-state index contributed by atoms with van der Waals surface area (Å²) in [7, 11) is 1.56. The molecule has 1 aromatic heterocycles. The van der Waals surface area contributed by atoms with Gasteiger partial charge in [0.05, 0.1) is 18.0 Å². The molecule has 0 aliphatic carbocycles. The van der Waals surface area contributed by atoms with E-state index >= 15 is 0 Å². The molecule has 2 aromatic rings. The molecule has 0 spiro atoms. The minimum Gasteiger partial charge on any atom is -0.497 e. The summed E-state index contributed by atoms with van der Waals surface area (Å²) in [6, 6.07) is 10.5. The summed E-state index contributed by atoms with van der Waals surface area (Å²) in [5.41, 5.74) is 0.539. The third-order valence-electron chi connectivity index (χ3n) is 3.72. The molecule has 2 rings (SSSR count). The van der Waals surface area contributed by atoms with Crippen LogP contribution in [0.15, 0.2) is 41.4 Å². The molecule has 152 valence electrons. The summed E-state index contributed by atoms with van der Waals surface area (Å²) in [6.45, 7) is 3.76. The molecule has 0 aliphatic heterocycles. The quantitative estimate of drug-likeness (QED) is 0.282. The van der Waals surface area contributed by atoms with Gasteiger partial charge >= 0.3 is 0 Å². The zero-order valence-electron chi connectivity index (χ0n) is 15.9. The van der Waals surface area contributed by atoms with Gasteiger partial charge < -0.3 is 25.8 Å². The Bertz CT molecular complexity index is 797. The standard InChI is InChI=1S/C19H25ClN4O3S/c1-3-21-19(24-12-15(25)16-7-8-17(20)28-16)23-10-9-22-18(26)13-5-4-6-14(11-13)27-2/h4-8,11,15,25H,3,9-10,12H2,1-2H3,(H,22,26)(H2,21,23,24). The van der Waals surface area contributed by atoms with Crippen molar-refractivity contribution in [3.63, 3.8) is 0 Å². The summed E-state index contributed by atoms with van der Waals surface area (Å²) in [5, 5.41) is 19.3. The number of hydrogen-bond acceptors (Lipinski definition) is 5. The lowest BCUT2D eigenvalue weighted by molar-refractivity contribution is 0.0954. The Morgan fingerprint density at radius 2 is 2.04 bits per heavy atom. The molecule has 0 aliphatic rings. The number of aliphatic hydroxyl groups is 1. The Balaban J connectivity index is 1.79. The van der Waals surface area contributed by atoms with Gasteiger partial charge in [0.2, 0.25) is 0 Å². The average Bonchev–Trinajstić information content (AvgIpc) is 3.15. The van der Waals surface area contributed by atoms with Crippen LogP contribution in [0, 0.1) is 0 Å². The van der Waals surface area contributed by atoms with Crippen molar-refractivity contribution in [1.29, 1.82) is 0 Å². The van der Waals surface area contributed by atoms with Gasteiger partial charge in [0, 0.05) is 30.1 Å². The highest BCUT2D eigenvalue weighted by Crippen LogP contribution is 2.26. The third-order valence-corrected chi connectivity index (χ3v) is 5.06. The molecule has 0 saturated carbocycles. The van der Waals surface area contributed by atoms with E-state index in [2.05, 4.69) is 20.9 Å². The second-order valence-corrected chi connectivity index (χ2v) is 7.54. The van der Waals surface area contributed by atoms with Crippen LogP contribution >= 0.6 is 22.9 Å². The molecule has 0 fully saturated rings. The first-order valence-electron chi connectivity index (χ1n) is 8.91. The van der Waals surface area contributed by atoms with Gasteiger partial charge in [0.25, 0.3) is 5.91 Å². The number of aliphatic hydroxyl groups excluding tert-OH is 1. The topological polar surface area (TPSA) is 95.0 Å². The Kier molecular flexibility index (Phi) is 9.06. The number of guanidine groups is 1. The maximum Gasteiger partial charge on any atom is 0.251 e. The van der Waals surface area contributed by atoms with Crippen LogP contribution < -0.4 is 20.7 Å². The number of amides is 1. The number of benzene rings is 1. The number of ether oxygens (including phenoxy) is 1. The van der Waals surface area contributed by atoms with Gasteiger partial charge in [-0.15, -0.1) is 11.3 Å². The van der Waals surface area contributed by atoms with Crippen LogP contribution in [-0.4, -0.2) is 50.3 Å². The lowest BCUT2D eigenvalue weighted by atomic mass is 10.2. The van der Waals surface area contributed by atoms with Crippen molar-refractivity contribution in [2.24, 2.45) is 4.99 Å². The molecule has 1 atom stereocenters. The summed E-state index contributed by atoms with van der Waals surface area (Å²) in [6.07, 6.45) is -0.708. The fourth-order valence-electron chi connectivity index (χ4n) is 2.34. The normalized spacial score (nSPS) is 12.4. The van der Waals surface area contributed by atoms with E-state index in [1.807, 2.05) is 6.92 Å². The molecule has 9 heteroatoms. The molecule has 0 bridgehead atoms. The van der Waals surface area contributed by atoms with Crippen molar-refractivity contribution in [2.45, 2.75) is 13.0 Å². The average molecular weight is 425 g/mol. The molecule has 4 N–H and O–H groups in total. The molecule has 1 heterocycles. The van der Waals surface area contributed by atoms with Crippen molar-refractivity contribution in [3.8, 4) is 5.75 Å². The van der Waals surface area contributed by atoms with Gasteiger partial charge in [0.1, 0.15) is 11.9 Å². The number of thiophene rings is 1. The van der Waals surface area contributed by atoms with E-state index in [4.69, 9.17) is 16.3 Å². The van der Waals surface area contributed by atoms with Gasteiger partial charge in [-0.05, 0) is 37.3 Å². The zero-order chi connectivity index (χ0) is 20.4. The highest BCUT2D eigenvalue weighted by Gasteiger charge is 2.10. The first kappa shape index (κ1) is 22.0. The minimum atomic E-state index is -0.708. The molecule has 0 saturated heterocycles. The number of aliphatic imine (C=N–C) groups is 1. The smallest absolute Gasteiger partial charge is 0.251 e. The largest absolute Gasteiger partial charge is 0.497 e. The number of nitrogens with one attached hydrogen (secondary N) is 3. The van der Waals surface area contributed by atoms with Gasteiger partial charge in [-0.2, -0.15) is 0 Å². The predicted molar refractivity (Wildman–Crippen MR) is 114 cm³/mol.